The van der Waals surface area contributed by atoms with Crippen LogP contribution in [0.2, 0.25) is 0 Å². The standard InChI is InChI=1S/C22H20N4O3S/c1-14(2)30(27,28)17-10-8-15(9-11-17)18-12-24-21(23)20(26-18)22-25-13-19(29-22)16-6-4-3-5-7-16/h3-14H,1-2H3,(H2,23,24). The maximum atomic E-state index is 12.3. The van der Waals surface area contributed by atoms with E-state index >= 15 is 0 Å². The lowest BCUT2D eigenvalue weighted by Crippen LogP contribution is -2.13. The van der Waals surface area contributed by atoms with Crippen molar-refractivity contribution < 1.29 is 12.8 Å². The van der Waals surface area contributed by atoms with Gasteiger partial charge in [-0.25, -0.2) is 23.4 Å². The molecule has 0 aliphatic carbocycles. The van der Waals surface area contributed by atoms with Crippen LogP contribution in [-0.2, 0) is 9.84 Å². The number of benzene rings is 2. The van der Waals surface area contributed by atoms with Crippen LogP contribution in [0.5, 0.6) is 0 Å². The highest BCUT2D eigenvalue weighted by atomic mass is 32.2. The Balaban J connectivity index is 1.69. The number of anilines is 1. The van der Waals surface area contributed by atoms with E-state index in [1.54, 1.807) is 44.3 Å². The predicted octanol–water partition coefficient (Wildman–Crippen LogP) is 4.23. The van der Waals surface area contributed by atoms with Gasteiger partial charge in [-0.15, -0.1) is 0 Å². The molecule has 0 fully saturated rings. The summed E-state index contributed by atoms with van der Waals surface area (Å²) < 4.78 is 30.5. The highest BCUT2D eigenvalue weighted by Gasteiger charge is 2.19. The first-order valence-corrected chi connectivity index (χ1v) is 10.9. The molecule has 2 aromatic carbocycles. The molecule has 0 bridgehead atoms. The first-order valence-electron chi connectivity index (χ1n) is 9.35. The van der Waals surface area contributed by atoms with Gasteiger partial charge in [-0.05, 0) is 26.0 Å². The lowest BCUT2D eigenvalue weighted by molar-refractivity contribution is 0.586. The summed E-state index contributed by atoms with van der Waals surface area (Å²) in [5.41, 5.74) is 8.47. The van der Waals surface area contributed by atoms with Crippen LogP contribution in [0, 0.1) is 0 Å². The molecule has 2 heterocycles. The summed E-state index contributed by atoms with van der Waals surface area (Å²) in [5.74, 6) is 1.05. The van der Waals surface area contributed by atoms with E-state index in [0.717, 1.165) is 5.56 Å². The van der Waals surface area contributed by atoms with Gasteiger partial charge in [0, 0.05) is 11.1 Å². The van der Waals surface area contributed by atoms with Gasteiger partial charge in [-0.1, -0.05) is 42.5 Å². The van der Waals surface area contributed by atoms with Gasteiger partial charge in [-0.3, -0.25) is 0 Å². The highest BCUT2D eigenvalue weighted by Crippen LogP contribution is 2.29. The molecule has 0 saturated heterocycles. The third-order valence-electron chi connectivity index (χ3n) is 4.67. The summed E-state index contributed by atoms with van der Waals surface area (Å²) in [5, 5.41) is -0.491. The molecule has 0 radical (unpaired) electrons. The second kappa shape index (κ2) is 7.72. The first kappa shape index (κ1) is 19.8. The number of nitrogens with two attached hydrogens (primary N) is 1. The minimum atomic E-state index is -3.34. The number of hydrogen-bond acceptors (Lipinski definition) is 7. The van der Waals surface area contributed by atoms with Crippen LogP contribution in [-0.4, -0.2) is 28.6 Å². The van der Waals surface area contributed by atoms with E-state index in [-0.39, 0.29) is 16.6 Å². The Bertz CT molecular complexity index is 1280. The predicted molar refractivity (Wildman–Crippen MR) is 115 cm³/mol. The summed E-state index contributed by atoms with van der Waals surface area (Å²) in [4.78, 5) is 13.3. The number of sulfone groups is 1. The van der Waals surface area contributed by atoms with Gasteiger partial charge >= 0.3 is 0 Å². The molecular formula is C22H20N4O3S. The molecule has 0 saturated carbocycles. The van der Waals surface area contributed by atoms with Crippen LogP contribution in [0.4, 0.5) is 5.82 Å². The zero-order valence-electron chi connectivity index (χ0n) is 16.5. The van der Waals surface area contributed by atoms with Crippen LogP contribution >= 0.6 is 0 Å². The third-order valence-corrected chi connectivity index (χ3v) is 6.84. The van der Waals surface area contributed by atoms with Crippen LogP contribution in [0.1, 0.15) is 13.8 Å². The van der Waals surface area contributed by atoms with Crippen molar-refractivity contribution in [1.82, 2.24) is 15.0 Å². The maximum Gasteiger partial charge on any atom is 0.249 e. The average Bonchev–Trinajstić information content (AvgIpc) is 3.25. The topological polar surface area (TPSA) is 112 Å². The second-order valence-electron chi connectivity index (χ2n) is 7.00. The van der Waals surface area contributed by atoms with E-state index in [4.69, 9.17) is 10.2 Å². The normalized spacial score (nSPS) is 11.7. The smallest absolute Gasteiger partial charge is 0.249 e. The Morgan fingerprint density at radius 1 is 0.900 bits per heavy atom. The number of oxazole rings is 1. The number of rotatable bonds is 5. The Morgan fingerprint density at radius 3 is 2.27 bits per heavy atom. The summed E-state index contributed by atoms with van der Waals surface area (Å²) >= 11 is 0. The number of nitrogen functional groups attached to an aromatic ring is 1. The third kappa shape index (κ3) is 3.69. The van der Waals surface area contributed by atoms with Gasteiger partial charge < -0.3 is 10.2 Å². The average molecular weight is 420 g/mol. The quantitative estimate of drug-likeness (QED) is 0.514. The molecule has 0 atom stereocenters. The van der Waals surface area contributed by atoms with Gasteiger partial charge in [0.1, 0.15) is 0 Å². The highest BCUT2D eigenvalue weighted by molar-refractivity contribution is 7.92. The monoisotopic (exact) mass is 420 g/mol. The van der Waals surface area contributed by atoms with Crippen molar-refractivity contribution in [3.8, 4) is 34.2 Å². The zero-order chi connectivity index (χ0) is 21.3. The van der Waals surface area contributed by atoms with Gasteiger partial charge in [0.25, 0.3) is 0 Å². The van der Waals surface area contributed by atoms with E-state index in [1.807, 2.05) is 30.3 Å². The molecule has 4 rings (SSSR count). The van der Waals surface area contributed by atoms with Crippen molar-refractivity contribution in [2.75, 3.05) is 5.73 Å². The van der Waals surface area contributed by atoms with Crippen LogP contribution in [0.3, 0.4) is 0 Å². The molecule has 30 heavy (non-hydrogen) atoms. The summed E-state index contributed by atoms with van der Waals surface area (Å²) in [6.45, 7) is 3.31. The molecule has 8 heteroatoms. The molecule has 2 N–H and O–H groups in total. The molecule has 7 nitrogen and oxygen atoms in total. The largest absolute Gasteiger partial charge is 0.435 e. The van der Waals surface area contributed by atoms with E-state index in [0.29, 0.717) is 22.7 Å². The van der Waals surface area contributed by atoms with Gasteiger partial charge in [0.05, 0.1) is 28.2 Å². The Hall–Kier alpha value is -3.52. The van der Waals surface area contributed by atoms with E-state index in [1.165, 1.54) is 6.20 Å². The molecule has 0 spiro atoms. The second-order valence-corrected chi connectivity index (χ2v) is 9.51. The van der Waals surface area contributed by atoms with Gasteiger partial charge in [-0.2, -0.15) is 0 Å². The molecule has 4 aromatic rings. The molecule has 0 unspecified atom stereocenters. The Labute approximate surface area is 174 Å². The van der Waals surface area contributed by atoms with Gasteiger partial charge in [0.15, 0.2) is 27.1 Å². The first-order chi connectivity index (χ1) is 14.4. The Morgan fingerprint density at radius 2 is 1.60 bits per heavy atom. The van der Waals surface area contributed by atoms with Crippen LogP contribution in [0.25, 0.3) is 34.2 Å². The van der Waals surface area contributed by atoms with Crippen molar-refractivity contribution in [2.45, 2.75) is 24.0 Å². The minimum Gasteiger partial charge on any atom is -0.435 e. The lowest BCUT2D eigenvalue weighted by atomic mass is 10.1. The molecule has 152 valence electrons. The van der Waals surface area contributed by atoms with E-state index in [9.17, 15) is 8.42 Å². The van der Waals surface area contributed by atoms with Crippen LogP contribution < -0.4 is 5.73 Å². The molecule has 0 aliphatic heterocycles. The van der Waals surface area contributed by atoms with Crippen molar-refractivity contribution in [3.63, 3.8) is 0 Å². The lowest BCUT2D eigenvalue weighted by Gasteiger charge is -2.09. The van der Waals surface area contributed by atoms with E-state index < -0.39 is 15.1 Å². The summed E-state index contributed by atoms with van der Waals surface area (Å²) in [6.07, 6.45) is 3.15. The summed E-state index contributed by atoms with van der Waals surface area (Å²) in [6, 6.07) is 16.1. The molecule has 0 aliphatic rings. The SMILES string of the molecule is CC(C)S(=O)(=O)c1ccc(-c2cnc(N)c(-c3ncc(-c4ccccc4)o3)n2)cc1. The molecule has 2 aromatic heterocycles. The fraction of sp³-hybridized carbons (Fsp3) is 0.136. The number of aromatic nitrogens is 3. The fourth-order valence-electron chi connectivity index (χ4n) is 2.90. The van der Waals surface area contributed by atoms with Crippen molar-refractivity contribution in [1.29, 1.82) is 0 Å². The molecular weight excluding hydrogens is 400 g/mol. The Kier molecular flexibility index (Phi) is 5.09. The fourth-order valence-corrected chi connectivity index (χ4v) is 3.96. The molecule has 0 amide bonds. The van der Waals surface area contributed by atoms with Crippen molar-refractivity contribution in [2.24, 2.45) is 0 Å². The van der Waals surface area contributed by atoms with Crippen molar-refractivity contribution in [3.05, 3.63) is 67.0 Å². The number of nitrogens with zero attached hydrogens (tertiary/aromatic N) is 3. The van der Waals surface area contributed by atoms with E-state index in [2.05, 4.69) is 15.0 Å². The van der Waals surface area contributed by atoms with Gasteiger partial charge in [0.2, 0.25) is 5.89 Å². The minimum absolute atomic E-state index is 0.194. The maximum absolute atomic E-state index is 12.3. The zero-order valence-corrected chi connectivity index (χ0v) is 17.3. The number of hydrogen-bond donors (Lipinski definition) is 1. The van der Waals surface area contributed by atoms with Crippen molar-refractivity contribution >= 4 is 15.7 Å². The van der Waals surface area contributed by atoms with Crippen LogP contribution in [0.15, 0.2) is 76.3 Å². The summed E-state index contributed by atoms with van der Waals surface area (Å²) in [7, 11) is -3.34.